The zero-order valence-electron chi connectivity index (χ0n) is 11.1. The fourth-order valence-electron chi connectivity index (χ4n) is 1.68. The summed E-state index contributed by atoms with van der Waals surface area (Å²) >= 11 is 0. The summed E-state index contributed by atoms with van der Waals surface area (Å²) in [5.74, 6) is 0.646. The first-order valence-corrected chi connectivity index (χ1v) is 6.25. The van der Waals surface area contributed by atoms with E-state index in [1.165, 1.54) is 0 Å². The molecule has 1 aromatic heterocycles. The van der Waals surface area contributed by atoms with Crippen molar-refractivity contribution < 1.29 is 9.47 Å². The summed E-state index contributed by atoms with van der Waals surface area (Å²) in [4.78, 5) is 8.22. The number of ether oxygens (including phenoxy) is 2. The Hall–Kier alpha value is -1.40. The van der Waals surface area contributed by atoms with Gasteiger partial charge in [0.25, 0.3) is 0 Å². The Morgan fingerprint density at radius 3 is 2.17 bits per heavy atom. The summed E-state index contributed by atoms with van der Waals surface area (Å²) in [7, 11) is 0. The second-order valence-corrected chi connectivity index (χ2v) is 3.79. The minimum absolute atomic E-state index is 0.208. The van der Waals surface area contributed by atoms with Crippen molar-refractivity contribution in [2.75, 3.05) is 37.9 Å². The van der Waals surface area contributed by atoms with Gasteiger partial charge in [-0.05, 0) is 13.8 Å². The molecule has 1 rings (SSSR count). The van der Waals surface area contributed by atoms with Crippen LogP contribution in [0.5, 0.6) is 0 Å². The molecule has 0 amide bonds. The highest BCUT2D eigenvalue weighted by Gasteiger charge is 2.11. The average molecular weight is 254 g/mol. The topological polar surface area (TPSA) is 96.3 Å². The number of aromatic nitrogens is 2. The molecule has 0 atom stereocenters. The third-order valence-corrected chi connectivity index (χ3v) is 2.53. The van der Waals surface area contributed by atoms with Gasteiger partial charge in [0.1, 0.15) is 5.82 Å². The number of nitrogens with zero attached hydrogens (tertiary/aromatic N) is 2. The Labute approximate surface area is 108 Å². The summed E-state index contributed by atoms with van der Waals surface area (Å²) in [6.07, 6.45) is 1.38. The molecule has 1 aromatic rings. The highest BCUT2D eigenvalue weighted by molar-refractivity contribution is 5.46. The molecule has 1 heterocycles. The maximum absolute atomic E-state index is 5.88. The van der Waals surface area contributed by atoms with Crippen molar-refractivity contribution in [3.8, 4) is 0 Å². The van der Waals surface area contributed by atoms with Crippen LogP contribution in [0.1, 0.15) is 25.1 Å². The van der Waals surface area contributed by atoms with Gasteiger partial charge in [-0.15, -0.1) is 0 Å². The van der Waals surface area contributed by atoms with E-state index in [1.807, 2.05) is 13.8 Å². The average Bonchev–Trinajstić information content (AvgIpc) is 2.32. The van der Waals surface area contributed by atoms with Crippen LogP contribution in [0, 0.1) is 0 Å². The molecule has 0 aliphatic carbocycles. The van der Waals surface area contributed by atoms with Gasteiger partial charge in [-0.1, -0.05) is 0 Å². The number of hydrogen-bond acceptors (Lipinski definition) is 6. The maximum atomic E-state index is 5.88. The van der Waals surface area contributed by atoms with Crippen molar-refractivity contribution in [1.82, 2.24) is 9.97 Å². The summed E-state index contributed by atoms with van der Waals surface area (Å²) in [6.45, 7) is 6.50. The zero-order valence-corrected chi connectivity index (χ0v) is 11.1. The van der Waals surface area contributed by atoms with Crippen LogP contribution in [-0.2, 0) is 22.3 Å². The van der Waals surface area contributed by atoms with Crippen LogP contribution in [0.2, 0.25) is 0 Å². The third-order valence-electron chi connectivity index (χ3n) is 2.53. The van der Waals surface area contributed by atoms with Gasteiger partial charge in [0, 0.05) is 31.6 Å². The van der Waals surface area contributed by atoms with Crippen LogP contribution in [0.15, 0.2) is 0 Å². The van der Waals surface area contributed by atoms with Crippen molar-refractivity contribution in [3.05, 3.63) is 11.3 Å². The monoisotopic (exact) mass is 254 g/mol. The van der Waals surface area contributed by atoms with E-state index < -0.39 is 0 Å². The predicted octanol–water partition coefficient (Wildman–Crippen LogP) is 0.799. The molecule has 6 heteroatoms. The second-order valence-electron chi connectivity index (χ2n) is 3.79. The molecule has 0 spiro atoms. The molecule has 0 aromatic carbocycles. The Morgan fingerprint density at radius 1 is 0.944 bits per heavy atom. The summed E-state index contributed by atoms with van der Waals surface area (Å²) in [5.41, 5.74) is 13.3. The number of nitrogens with two attached hydrogens (primary N) is 2. The lowest BCUT2D eigenvalue weighted by molar-refractivity contribution is 0.147. The van der Waals surface area contributed by atoms with E-state index in [0.717, 1.165) is 11.3 Å². The van der Waals surface area contributed by atoms with Gasteiger partial charge in [0.15, 0.2) is 0 Å². The Balaban J connectivity index is 2.76. The first-order chi connectivity index (χ1) is 8.69. The van der Waals surface area contributed by atoms with Gasteiger partial charge in [0.05, 0.1) is 18.9 Å². The Kier molecular flexibility index (Phi) is 6.38. The molecule has 18 heavy (non-hydrogen) atoms. The number of nitrogen functional groups attached to an aromatic ring is 2. The van der Waals surface area contributed by atoms with Crippen molar-refractivity contribution in [1.29, 1.82) is 0 Å². The van der Waals surface area contributed by atoms with E-state index in [4.69, 9.17) is 20.9 Å². The van der Waals surface area contributed by atoms with Crippen molar-refractivity contribution >= 4 is 11.8 Å². The van der Waals surface area contributed by atoms with E-state index in [1.54, 1.807) is 0 Å². The fraction of sp³-hybridized carbons (Fsp3) is 0.667. The van der Waals surface area contributed by atoms with E-state index in [-0.39, 0.29) is 5.95 Å². The van der Waals surface area contributed by atoms with E-state index in [2.05, 4.69) is 9.97 Å². The Morgan fingerprint density at radius 2 is 1.56 bits per heavy atom. The lowest BCUT2D eigenvalue weighted by atomic mass is 10.1. The van der Waals surface area contributed by atoms with Gasteiger partial charge < -0.3 is 20.9 Å². The van der Waals surface area contributed by atoms with Crippen LogP contribution in [0.25, 0.3) is 0 Å². The smallest absolute Gasteiger partial charge is 0.222 e. The molecule has 0 unspecified atom stereocenters. The quantitative estimate of drug-likeness (QED) is 0.666. The molecular formula is C12H22N4O2. The number of hydrogen-bond donors (Lipinski definition) is 2. The summed E-state index contributed by atoms with van der Waals surface area (Å²) < 4.78 is 10.7. The minimum atomic E-state index is 0.208. The van der Waals surface area contributed by atoms with Crippen molar-refractivity contribution in [2.24, 2.45) is 0 Å². The standard InChI is InChI=1S/C12H22N4O2/c1-3-17-7-5-9-10(6-8-18-4-2)15-12(14)16-11(9)13/h3-8H2,1-2H3,(H4,13,14,15,16). The first kappa shape index (κ1) is 14.7. The molecule has 0 saturated carbocycles. The lowest BCUT2D eigenvalue weighted by Crippen LogP contribution is -2.13. The second kappa shape index (κ2) is 7.84. The largest absolute Gasteiger partial charge is 0.383 e. The number of anilines is 2. The van der Waals surface area contributed by atoms with Gasteiger partial charge in [-0.3, -0.25) is 0 Å². The highest BCUT2D eigenvalue weighted by atomic mass is 16.5. The third kappa shape index (κ3) is 4.46. The van der Waals surface area contributed by atoms with E-state index >= 15 is 0 Å². The molecule has 102 valence electrons. The predicted molar refractivity (Wildman–Crippen MR) is 71.3 cm³/mol. The highest BCUT2D eigenvalue weighted by Crippen LogP contribution is 2.16. The fourth-order valence-corrected chi connectivity index (χ4v) is 1.68. The molecule has 0 aliphatic heterocycles. The maximum Gasteiger partial charge on any atom is 0.222 e. The van der Waals surface area contributed by atoms with Crippen LogP contribution in [0.4, 0.5) is 11.8 Å². The zero-order chi connectivity index (χ0) is 13.4. The van der Waals surface area contributed by atoms with Crippen LogP contribution in [0.3, 0.4) is 0 Å². The molecule has 0 radical (unpaired) electrons. The molecule has 0 aliphatic rings. The minimum Gasteiger partial charge on any atom is -0.383 e. The first-order valence-electron chi connectivity index (χ1n) is 6.25. The SMILES string of the molecule is CCOCCc1nc(N)nc(N)c1CCOCC. The van der Waals surface area contributed by atoms with Gasteiger partial charge >= 0.3 is 0 Å². The van der Waals surface area contributed by atoms with Gasteiger partial charge in [0.2, 0.25) is 5.95 Å². The lowest BCUT2D eigenvalue weighted by Gasteiger charge is -2.11. The summed E-state index contributed by atoms with van der Waals surface area (Å²) in [5, 5.41) is 0. The molecule has 4 N–H and O–H groups in total. The molecule has 6 nitrogen and oxygen atoms in total. The Bertz CT molecular complexity index is 371. The number of rotatable bonds is 8. The van der Waals surface area contributed by atoms with E-state index in [9.17, 15) is 0 Å². The summed E-state index contributed by atoms with van der Waals surface area (Å²) in [6, 6.07) is 0. The van der Waals surface area contributed by atoms with Crippen molar-refractivity contribution in [3.63, 3.8) is 0 Å². The normalized spacial score (nSPS) is 10.8. The van der Waals surface area contributed by atoms with Gasteiger partial charge in [-0.2, -0.15) is 4.98 Å². The van der Waals surface area contributed by atoms with E-state index in [0.29, 0.717) is 45.1 Å². The van der Waals surface area contributed by atoms with Crippen molar-refractivity contribution in [2.45, 2.75) is 26.7 Å². The van der Waals surface area contributed by atoms with Crippen LogP contribution in [-0.4, -0.2) is 36.4 Å². The van der Waals surface area contributed by atoms with Gasteiger partial charge in [-0.25, -0.2) is 4.98 Å². The van der Waals surface area contributed by atoms with Crippen LogP contribution < -0.4 is 11.5 Å². The molecule has 0 bridgehead atoms. The molecule has 0 fully saturated rings. The molecular weight excluding hydrogens is 232 g/mol. The van der Waals surface area contributed by atoms with Crippen LogP contribution >= 0.6 is 0 Å². The molecule has 0 saturated heterocycles.